The maximum atomic E-state index is 11.8. The van der Waals surface area contributed by atoms with Gasteiger partial charge >= 0.3 is 0 Å². The maximum absolute atomic E-state index is 11.8. The van der Waals surface area contributed by atoms with E-state index in [9.17, 15) is 4.79 Å². The molecule has 1 heterocycles. The van der Waals surface area contributed by atoms with E-state index in [1.807, 2.05) is 6.92 Å². The SMILES string of the molecule is CC[C@@H](N)C(=O)Nc1cc(-n2cnnn2)ccc1Cl. The first-order chi connectivity index (χ1) is 9.11. The third-order valence-electron chi connectivity index (χ3n) is 2.60. The third kappa shape index (κ3) is 3.07. The predicted molar refractivity (Wildman–Crippen MR) is 71.1 cm³/mol. The minimum Gasteiger partial charge on any atom is -0.323 e. The number of hydrogen-bond donors (Lipinski definition) is 2. The summed E-state index contributed by atoms with van der Waals surface area (Å²) in [7, 11) is 0. The molecule has 0 saturated heterocycles. The monoisotopic (exact) mass is 280 g/mol. The average Bonchev–Trinajstić information content (AvgIpc) is 2.94. The highest BCUT2D eigenvalue weighted by atomic mass is 35.5. The highest BCUT2D eigenvalue weighted by Gasteiger charge is 2.13. The van der Waals surface area contributed by atoms with Crippen molar-refractivity contribution >= 4 is 23.2 Å². The Morgan fingerprint density at radius 2 is 2.37 bits per heavy atom. The summed E-state index contributed by atoms with van der Waals surface area (Å²) in [5.41, 5.74) is 6.82. The molecule has 2 rings (SSSR count). The Bertz CT molecular complexity index is 571. The molecule has 1 amide bonds. The van der Waals surface area contributed by atoms with Gasteiger partial charge in [-0.15, -0.1) is 5.10 Å². The quantitative estimate of drug-likeness (QED) is 0.870. The van der Waals surface area contributed by atoms with Crippen molar-refractivity contribution in [1.29, 1.82) is 0 Å². The van der Waals surface area contributed by atoms with E-state index >= 15 is 0 Å². The van der Waals surface area contributed by atoms with Gasteiger partial charge in [0.2, 0.25) is 5.91 Å². The van der Waals surface area contributed by atoms with Gasteiger partial charge in [0.15, 0.2) is 0 Å². The molecule has 19 heavy (non-hydrogen) atoms. The molecule has 0 aliphatic carbocycles. The lowest BCUT2D eigenvalue weighted by Crippen LogP contribution is -2.34. The second kappa shape index (κ2) is 5.77. The van der Waals surface area contributed by atoms with E-state index in [0.717, 1.165) is 0 Å². The Labute approximate surface area is 114 Å². The lowest BCUT2D eigenvalue weighted by atomic mass is 10.2. The van der Waals surface area contributed by atoms with Crippen molar-refractivity contribution < 1.29 is 4.79 Å². The Morgan fingerprint density at radius 1 is 1.58 bits per heavy atom. The highest BCUT2D eigenvalue weighted by molar-refractivity contribution is 6.33. The van der Waals surface area contributed by atoms with Crippen LogP contribution in [0.2, 0.25) is 5.02 Å². The fourth-order valence-corrected chi connectivity index (χ4v) is 1.61. The summed E-state index contributed by atoms with van der Waals surface area (Å²) < 4.78 is 1.46. The van der Waals surface area contributed by atoms with Crippen LogP contribution < -0.4 is 11.1 Å². The van der Waals surface area contributed by atoms with Gasteiger partial charge in [-0.3, -0.25) is 4.79 Å². The number of tetrazole rings is 1. The standard InChI is InChI=1S/C11H13ClN6O/c1-2-9(13)11(19)15-10-5-7(3-4-8(10)12)18-6-14-16-17-18/h3-6,9H,2,13H2,1H3,(H,15,19)/t9-/m1/s1. The summed E-state index contributed by atoms with van der Waals surface area (Å²) in [6, 6.07) is 4.52. The van der Waals surface area contributed by atoms with Gasteiger partial charge in [0.05, 0.1) is 22.4 Å². The topological polar surface area (TPSA) is 98.7 Å². The van der Waals surface area contributed by atoms with Crippen LogP contribution in [0.15, 0.2) is 24.5 Å². The molecule has 8 heteroatoms. The highest BCUT2D eigenvalue weighted by Crippen LogP contribution is 2.24. The van der Waals surface area contributed by atoms with Crippen molar-refractivity contribution in [2.45, 2.75) is 19.4 Å². The van der Waals surface area contributed by atoms with Crippen molar-refractivity contribution in [3.8, 4) is 5.69 Å². The molecule has 1 aromatic carbocycles. The number of carbonyl (C=O) groups is 1. The zero-order chi connectivity index (χ0) is 13.8. The Morgan fingerprint density at radius 3 is 3.00 bits per heavy atom. The van der Waals surface area contributed by atoms with E-state index in [4.69, 9.17) is 17.3 Å². The number of nitrogens with two attached hydrogens (primary N) is 1. The number of nitrogens with zero attached hydrogens (tertiary/aromatic N) is 4. The van der Waals surface area contributed by atoms with Gasteiger partial charge in [-0.1, -0.05) is 18.5 Å². The largest absolute Gasteiger partial charge is 0.323 e. The zero-order valence-electron chi connectivity index (χ0n) is 10.2. The molecule has 0 bridgehead atoms. The number of halogens is 1. The molecule has 3 N–H and O–H groups in total. The molecule has 0 fully saturated rings. The van der Waals surface area contributed by atoms with Crippen molar-refractivity contribution in [1.82, 2.24) is 20.2 Å². The summed E-state index contributed by atoms with van der Waals surface area (Å²) >= 11 is 6.03. The lowest BCUT2D eigenvalue weighted by Gasteiger charge is -2.12. The van der Waals surface area contributed by atoms with Crippen LogP contribution in [-0.2, 0) is 4.79 Å². The van der Waals surface area contributed by atoms with Crippen LogP contribution in [0.1, 0.15) is 13.3 Å². The van der Waals surface area contributed by atoms with Gasteiger partial charge in [-0.05, 0) is 35.0 Å². The van der Waals surface area contributed by atoms with Crippen LogP contribution in [0.25, 0.3) is 5.69 Å². The number of rotatable bonds is 4. The van der Waals surface area contributed by atoms with Crippen LogP contribution in [0.4, 0.5) is 5.69 Å². The smallest absolute Gasteiger partial charge is 0.241 e. The van der Waals surface area contributed by atoms with Crippen LogP contribution in [0, 0.1) is 0 Å². The molecule has 7 nitrogen and oxygen atoms in total. The fourth-order valence-electron chi connectivity index (χ4n) is 1.44. The van der Waals surface area contributed by atoms with Gasteiger partial charge in [0.1, 0.15) is 6.33 Å². The number of aromatic nitrogens is 4. The van der Waals surface area contributed by atoms with Gasteiger partial charge < -0.3 is 11.1 Å². The normalized spacial score (nSPS) is 12.2. The van der Waals surface area contributed by atoms with Gasteiger partial charge in [-0.2, -0.15) is 0 Å². The molecule has 0 saturated carbocycles. The molecule has 100 valence electrons. The van der Waals surface area contributed by atoms with Crippen LogP contribution >= 0.6 is 11.6 Å². The molecule has 1 atom stereocenters. The molecule has 0 radical (unpaired) electrons. The number of nitrogens with one attached hydrogen (secondary N) is 1. The summed E-state index contributed by atoms with van der Waals surface area (Å²) in [6.45, 7) is 1.84. The summed E-state index contributed by atoms with van der Waals surface area (Å²) in [4.78, 5) is 11.8. The molecule has 2 aromatic rings. The van der Waals surface area contributed by atoms with Gasteiger partial charge in [0.25, 0.3) is 0 Å². The average molecular weight is 281 g/mol. The Hall–Kier alpha value is -1.99. The molecule has 1 aromatic heterocycles. The molecule has 0 aliphatic rings. The van der Waals surface area contributed by atoms with Crippen molar-refractivity contribution in [3.05, 3.63) is 29.5 Å². The van der Waals surface area contributed by atoms with E-state index in [0.29, 0.717) is 22.8 Å². The lowest BCUT2D eigenvalue weighted by molar-refractivity contribution is -0.117. The maximum Gasteiger partial charge on any atom is 0.241 e. The Kier molecular flexibility index (Phi) is 4.08. The van der Waals surface area contributed by atoms with Crippen LogP contribution in [0.3, 0.4) is 0 Å². The summed E-state index contributed by atoms with van der Waals surface area (Å²) in [5, 5.41) is 14.0. The number of amides is 1. The molecule has 0 aliphatic heterocycles. The fraction of sp³-hybridized carbons (Fsp3) is 0.273. The number of hydrogen-bond acceptors (Lipinski definition) is 5. The van der Waals surface area contributed by atoms with Crippen molar-refractivity contribution in [3.63, 3.8) is 0 Å². The van der Waals surface area contributed by atoms with E-state index in [-0.39, 0.29) is 5.91 Å². The number of carbonyl (C=O) groups excluding carboxylic acids is 1. The first-order valence-electron chi connectivity index (χ1n) is 5.71. The number of benzene rings is 1. The zero-order valence-corrected chi connectivity index (χ0v) is 11.0. The van der Waals surface area contributed by atoms with E-state index in [2.05, 4.69) is 20.8 Å². The first-order valence-corrected chi connectivity index (χ1v) is 6.09. The minimum absolute atomic E-state index is 0.279. The molecular formula is C11H13ClN6O. The summed E-state index contributed by atoms with van der Waals surface area (Å²) in [5.74, 6) is -0.279. The van der Waals surface area contributed by atoms with Gasteiger partial charge in [-0.25, -0.2) is 4.68 Å². The number of anilines is 1. The molecule has 0 unspecified atom stereocenters. The molecule has 0 spiro atoms. The van der Waals surface area contributed by atoms with Crippen LogP contribution in [0.5, 0.6) is 0 Å². The first kappa shape index (κ1) is 13.4. The van der Waals surface area contributed by atoms with Crippen molar-refractivity contribution in [2.24, 2.45) is 5.73 Å². The minimum atomic E-state index is -0.562. The van der Waals surface area contributed by atoms with Crippen LogP contribution in [-0.4, -0.2) is 32.2 Å². The second-order valence-corrected chi connectivity index (χ2v) is 4.33. The third-order valence-corrected chi connectivity index (χ3v) is 2.93. The molecular weight excluding hydrogens is 268 g/mol. The van der Waals surface area contributed by atoms with E-state index in [1.165, 1.54) is 11.0 Å². The second-order valence-electron chi connectivity index (χ2n) is 3.92. The van der Waals surface area contributed by atoms with Crippen molar-refractivity contribution in [2.75, 3.05) is 5.32 Å². The Balaban J connectivity index is 2.25. The summed E-state index contributed by atoms with van der Waals surface area (Å²) in [6.07, 6.45) is 2.00. The predicted octanol–water partition coefficient (Wildman–Crippen LogP) is 0.991. The van der Waals surface area contributed by atoms with E-state index < -0.39 is 6.04 Å². The van der Waals surface area contributed by atoms with Gasteiger partial charge in [0, 0.05) is 0 Å². The van der Waals surface area contributed by atoms with E-state index in [1.54, 1.807) is 18.2 Å².